The van der Waals surface area contributed by atoms with Crippen LogP contribution in [0.15, 0.2) is 42.6 Å². The van der Waals surface area contributed by atoms with E-state index in [1.807, 2.05) is 18.3 Å². The fraction of sp³-hybridized carbons (Fsp3) is 0.353. The molecule has 21 heavy (non-hydrogen) atoms. The smallest absolute Gasteiger partial charge is 0.128 e. The number of nitrogens with one attached hydrogen (secondary N) is 1. The van der Waals surface area contributed by atoms with Gasteiger partial charge in [-0.15, -0.1) is 0 Å². The van der Waals surface area contributed by atoms with E-state index in [1.165, 1.54) is 11.1 Å². The van der Waals surface area contributed by atoms with E-state index in [4.69, 9.17) is 4.74 Å². The molecule has 0 atom stereocenters. The largest absolute Gasteiger partial charge is 0.491 e. The van der Waals surface area contributed by atoms with Crippen molar-refractivity contribution in [3.63, 3.8) is 0 Å². The molecule has 0 unspecified atom stereocenters. The average molecular weight is 283 g/mol. The fourth-order valence-corrected chi connectivity index (χ4v) is 2.50. The highest BCUT2D eigenvalue weighted by atomic mass is 16.5. The van der Waals surface area contributed by atoms with E-state index in [0.29, 0.717) is 6.61 Å². The molecule has 4 nitrogen and oxygen atoms in total. The van der Waals surface area contributed by atoms with Crippen molar-refractivity contribution in [1.29, 1.82) is 0 Å². The van der Waals surface area contributed by atoms with Crippen LogP contribution in [0.1, 0.15) is 18.1 Å². The minimum Gasteiger partial charge on any atom is -0.491 e. The third kappa shape index (κ3) is 3.34. The Morgan fingerprint density at radius 2 is 2.14 bits per heavy atom. The number of benzene rings is 1. The molecule has 0 saturated carbocycles. The summed E-state index contributed by atoms with van der Waals surface area (Å²) in [6, 6.07) is 12.5. The molecule has 2 aromatic rings. The van der Waals surface area contributed by atoms with Gasteiger partial charge < -0.3 is 15.0 Å². The Morgan fingerprint density at radius 1 is 1.24 bits per heavy atom. The predicted molar refractivity (Wildman–Crippen MR) is 84.6 cm³/mol. The maximum Gasteiger partial charge on any atom is 0.128 e. The van der Waals surface area contributed by atoms with Crippen molar-refractivity contribution in [3.8, 4) is 5.75 Å². The van der Waals surface area contributed by atoms with Crippen molar-refractivity contribution in [3.05, 3.63) is 53.7 Å². The fourth-order valence-electron chi connectivity index (χ4n) is 2.50. The molecular weight excluding hydrogens is 262 g/mol. The van der Waals surface area contributed by atoms with E-state index in [-0.39, 0.29) is 0 Å². The molecule has 2 heterocycles. The van der Waals surface area contributed by atoms with Gasteiger partial charge in [-0.3, -0.25) is 0 Å². The third-order valence-electron chi connectivity index (χ3n) is 3.66. The second kappa shape index (κ2) is 6.59. The van der Waals surface area contributed by atoms with Gasteiger partial charge in [0.1, 0.15) is 18.2 Å². The van der Waals surface area contributed by atoms with Gasteiger partial charge in [0, 0.05) is 24.8 Å². The van der Waals surface area contributed by atoms with Crippen LogP contribution in [0.4, 0.5) is 5.82 Å². The Kier molecular flexibility index (Phi) is 4.36. The highest BCUT2D eigenvalue weighted by Gasteiger charge is 2.15. The summed E-state index contributed by atoms with van der Waals surface area (Å²) < 4.78 is 5.80. The SMILES string of the molecule is CCNCc1ccc(N2CCOc3ccccc3C2)nc1. The summed E-state index contributed by atoms with van der Waals surface area (Å²) in [6.45, 7) is 6.34. The summed E-state index contributed by atoms with van der Waals surface area (Å²) in [5.41, 5.74) is 2.43. The quantitative estimate of drug-likeness (QED) is 0.936. The number of hydrogen-bond acceptors (Lipinski definition) is 4. The van der Waals surface area contributed by atoms with Gasteiger partial charge in [0.25, 0.3) is 0 Å². The number of aromatic nitrogens is 1. The number of rotatable bonds is 4. The van der Waals surface area contributed by atoms with Gasteiger partial charge in [0.05, 0.1) is 6.54 Å². The van der Waals surface area contributed by atoms with Gasteiger partial charge in [-0.2, -0.15) is 0 Å². The van der Waals surface area contributed by atoms with Gasteiger partial charge in [-0.25, -0.2) is 4.98 Å². The number of nitrogens with zero attached hydrogens (tertiary/aromatic N) is 2. The van der Waals surface area contributed by atoms with Crippen LogP contribution in [0.2, 0.25) is 0 Å². The highest BCUT2D eigenvalue weighted by Crippen LogP contribution is 2.25. The van der Waals surface area contributed by atoms with Gasteiger partial charge in [0.2, 0.25) is 0 Å². The van der Waals surface area contributed by atoms with E-state index < -0.39 is 0 Å². The Balaban J connectivity index is 1.74. The van der Waals surface area contributed by atoms with Crippen LogP contribution in [0.25, 0.3) is 0 Å². The first-order valence-corrected chi connectivity index (χ1v) is 7.48. The number of ether oxygens (including phenoxy) is 1. The molecule has 1 aromatic heterocycles. The summed E-state index contributed by atoms with van der Waals surface area (Å²) in [6.07, 6.45) is 1.95. The molecule has 110 valence electrons. The summed E-state index contributed by atoms with van der Waals surface area (Å²) in [7, 11) is 0. The summed E-state index contributed by atoms with van der Waals surface area (Å²) in [5, 5.41) is 3.31. The Bertz CT molecular complexity index is 583. The standard InChI is InChI=1S/C17H21N3O/c1-2-18-11-14-7-8-17(19-12-14)20-9-10-21-16-6-4-3-5-15(16)13-20/h3-8,12,18H,2,9-11,13H2,1H3. The van der Waals surface area contributed by atoms with Crippen molar-refractivity contribution in [2.24, 2.45) is 0 Å². The lowest BCUT2D eigenvalue weighted by Crippen LogP contribution is -2.26. The van der Waals surface area contributed by atoms with E-state index >= 15 is 0 Å². The van der Waals surface area contributed by atoms with Crippen LogP contribution in [0.3, 0.4) is 0 Å². The molecular formula is C17H21N3O. The zero-order chi connectivity index (χ0) is 14.5. The van der Waals surface area contributed by atoms with Crippen LogP contribution in [0.5, 0.6) is 5.75 Å². The molecule has 1 aliphatic heterocycles. The van der Waals surface area contributed by atoms with Crippen molar-refractivity contribution in [1.82, 2.24) is 10.3 Å². The summed E-state index contributed by atoms with van der Waals surface area (Å²) in [5.74, 6) is 2.00. The zero-order valence-corrected chi connectivity index (χ0v) is 12.4. The maximum atomic E-state index is 5.80. The maximum absolute atomic E-state index is 5.80. The molecule has 0 bridgehead atoms. The van der Waals surface area contributed by atoms with Crippen molar-refractivity contribution in [2.75, 3.05) is 24.6 Å². The summed E-state index contributed by atoms with van der Waals surface area (Å²) in [4.78, 5) is 6.87. The predicted octanol–water partition coefficient (Wildman–Crippen LogP) is 2.59. The molecule has 1 aliphatic rings. The van der Waals surface area contributed by atoms with Crippen LogP contribution in [0, 0.1) is 0 Å². The molecule has 3 rings (SSSR count). The molecule has 1 aromatic carbocycles. The lowest BCUT2D eigenvalue weighted by molar-refractivity contribution is 0.331. The van der Waals surface area contributed by atoms with E-state index in [1.54, 1.807) is 0 Å². The molecule has 0 aliphatic carbocycles. The minimum absolute atomic E-state index is 0.692. The molecule has 0 saturated heterocycles. The minimum atomic E-state index is 0.692. The second-order valence-corrected chi connectivity index (χ2v) is 5.18. The Labute approximate surface area is 125 Å². The lowest BCUT2D eigenvalue weighted by atomic mass is 10.2. The average Bonchev–Trinajstić information content (AvgIpc) is 2.75. The molecule has 0 radical (unpaired) electrons. The first-order valence-electron chi connectivity index (χ1n) is 7.48. The molecule has 1 N–H and O–H groups in total. The topological polar surface area (TPSA) is 37.4 Å². The Hall–Kier alpha value is -2.07. The van der Waals surface area contributed by atoms with E-state index in [9.17, 15) is 0 Å². The number of anilines is 1. The van der Waals surface area contributed by atoms with Crippen LogP contribution in [-0.2, 0) is 13.1 Å². The normalized spacial score (nSPS) is 14.2. The molecule has 0 fully saturated rings. The van der Waals surface area contributed by atoms with Crippen molar-refractivity contribution < 1.29 is 4.74 Å². The summed E-state index contributed by atoms with van der Waals surface area (Å²) >= 11 is 0. The zero-order valence-electron chi connectivity index (χ0n) is 12.4. The monoisotopic (exact) mass is 283 g/mol. The van der Waals surface area contributed by atoms with Gasteiger partial charge in [0.15, 0.2) is 0 Å². The van der Waals surface area contributed by atoms with Gasteiger partial charge in [-0.1, -0.05) is 31.2 Å². The van der Waals surface area contributed by atoms with Crippen molar-refractivity contribution in [2.45, 2.75) is 20.0 Å². The van der Waals surface area contributed by atoms with Crippen LogP contribution in [-0.4, -0.2) is 24.7 Å². The van der Waals surface area contributed by atoms with Gasteiger partial charge >= 0.3 is 0 Å². The number of para-hydroxylation sites is 1. The highest BCUT2D eigenvalue weighted by molar-refractivity contribution is 5.44. The van der Waals surface area contributed by atoms with Gasteiger partial charge in [-0.05, 0) is 24.2 Å². The van der Waals surface area contributed by atoms with E-state index in [2.05, 4.69) is 46.4 Å². The number of fused-ring (bicyclic) bond motifs is 1. The Morgan fingerprint density at radius 3 is 2.95 bits per heavy atom. The molecule has 0 spiro atoms. The second-order valence-electron chi connectivity index (χ2n) is 5.18. The van der Waals surface area contributed by atoms with E-state index in [0.717, 1.165) is 37.7 Å². The number of pyridine rings is 1. The first-order chi connectivity index (χ1) is 10.4. The number of hydrogen-bond donors (Lipinski definition) is 1. The van der Waals surface area contributed by atoms with Crippen LogP contribution < -0.4 is 15.0 Å². The van der Waals surface area contributed by atoms with Crippen molar-refractivity contribution >= 4 is 5.82 Å². The first kappa shape index (κ1) is 13.9. The van der Waals surface area contributed by atoms with Crippen LogP contribution >= 0.6 is 0 Å². The molecule has 4 heteroatoms. The molecule has 0 amide bonds. The third-order valence-corrected chi connectivity index (χ3v) is 3.66. The lowest BCUT2D eigenvalue weighted by Gasteiger charge is -2.21.